The number of halogens is 1. The molecule has 1 aromatic heterocycles. The highest BCUT2D eigenvalue weighted by atomic mass is 127. The Bertz CT molecular complexity index is 686. The second kappa shape index (κ2) is 11.8. The number of hydrogen-bond donors (Lipinski definition) is 1. The molecule has 0 amide bonds. The summed E-state index contributed by atoms with van der Waals surface area (Å²) in [6, 6.07) is 4.19. The minimum atomic E-state index is 0. The average Bonchev–Trinajstić information content (AvgIpc) is 2.78. The van der Waals surface area contributed by atoms with Crippen molar-refractivity contribution in [3.63, 3.8) is 0 Å². The second-order valence-corrected chi connectivity index (χ2v) is 9.83. The van der Waals surface area contributed by atoms with Gasteiger partial charge in [-0.15, -0.1) is 24.0 Å². The van der Waals surface area contributed by atoms with E-state index in [1.807, 2.05) is 12.3 Å². The van der Waals surface area contributed by atoms with E-state index in [-0.39, 0.29) is 24.0 Å². The summed E-state index contributed by atoms with van der Waals surface area (Å²) < 4.78 is 5.95. The minimum absolute atomic E-state index is 0. The molecule has 2 aliphatic heterocycles. The highest BCUT2D eigenvalue weighted by molar-refractivity contribution is 14.0. The number of hydrogen-bond acceptors (Lipinski definition) is 5. The molecule has 1 saturated carbocycles. The molecule has 0 bridgehead atoms. The van der Waals surface area contributed by atoms with Gasteiger partial charge < -0.3 is 19.9 Å². The first-order chi connectivity index (χ1) is 14.3. The smallest absolute Gasteiger partial charge is 0.194 e. The van der Waals surface area contributed by atoms with Crippen LogP contribution in [-0.4, -0.2) is 72.3 Å². The summed E-state index contributed by atoms with van der Waals surface area (Å²) in [5, 5.41) is 3.56. The first kappa shape index (κ1) is 23.9. The van der Waals surface area contributed by atoms with E-state index in [1.165, 1.54) is 43.4 Å². The van der Waals surface area contributed by atoms with Crippen molar-refractivity contribution in [3.05, 3.63) is 23.9 Å². The van der Waals surface area contributed by atoms with Crippen LogP contribution in [0.15, 0.2) is 23.3 Å². The van der Waals surface area contributed by atoms with Gasteiger partial charge in [0, 0.05) is 55.0 Å². The number of pyridine rings is 1. The molecule has 3 heterocycles. The van der Waals surface area contributed by atoms with E-state index in [4.69, 9.17) is 9.73 Å². The van der Waals surface area contributed by atoms with Crippen LogP contribution in [0.2, 0.25) is 0 Å². The summed E-state index contributed by atoms with van der Waals surface area (Å²) in [6.45, 7) is 9.30. The van der Waals surface area contributed by atoms with Gasteiger partial charge in [0.15, 0.2) is 5.96 Å². The highest BCUT2D eigenvalue weighted by Crippen LogP contribution is 2.42. The third kappa shape index (κ3) is 5.94. The quantitative estimate of drug-likeness (QED) is 0.354. The molecule has 8 heteroatoms. The van der Waals surface area contributed by atoms with E-state index in [2.05, 4.69) is 44.9 Å². The van der Waals surface area contributed by atoms with Crippen molar-refractivity contribution < 1.29 is 4.74 Å². The van der Waals surface area contributed by atoms with E-state index in [1.54, 1.807) is 0 Å². The third-order valence-electron chi connectivity index (χ3n) is 6.22. The summed E-state index contributed by atoms with van der Waals surface area (Å²) >= 11 is 2.21. The lowest BCUT2D eigenvalue weighted by Crippen LogP contribution is -2.53. The topological polar surface area (TPSA) is 53.0 Å². The molecular weight excluding hydrogens is 509 g/mol. The number of aromatic nitrogens is 1. The Labute approximate surface area is 202 Å². The molecule has 0 atom stereocenters. The first-order valence-electron chi connectivity index (χ1n) is 11.2. The molecule has 1 spiro atoms. The monoisotopic (exact) mass is 545 g/mol. The molecule has 30 heavy (non-hydrogen) atoms. The summed E-state index contributed by atoms with van der Waals surface area (Å²) in [7, 11) is 0. The van der Waals surface area contributed by atoms with Gasteiger partial charge in [-0.2, -0.15) is 11.8 Å². The van der Waals surface area contributed by atoms with E-state index in [0.717, 1.165) is 57.7 Å². The molecular formula is C22H36IN5OS. The molecule has 1 aliphatic carbocycles. The predicted molar refractivity (Wildman–Crippen MR) is 137 cm³/mol. The van der Waals surface area contributed by atoms with Gasteiger partial charge in [-0.05, 0) is 25.8 Å². The number of thioether (sulfide) groups is 1. The van der Waals surface area contributed by atoms with E-state index < -0.39 is 0 Å². The van der Waals surface area contributed by atoms with Crippen molar-refractivity contribution in [2.75, 3.05) is 56.6 Å². The van der Waals surface area contributed by atoms with Crippen molar-refractivity contribution in [1.29, 1.82) is 0 Å². The predicted octanol–water partition coefficient (Wildman–Crippen LogP) is 3.75. The molecule has 168 valence electrons. The standard InChI is InChI=1S/C22H35N5OS.HI/c1-2-23-21(27-13-16-29-22(18-27)8-4-3-5-9-22)25-17-19-7-6-10-24-20(19)26-11-14-28-15-12-26;/h6-7,10H,2-5,8-9,11-18H2,1H3,(H,23,25);1H. The Morgan fingerprint density at radius 1 is 1.23 bits per heavy atom. The molecule has 1 aromatic rings. The Morgan fingerprint density at radius 3 is 2.80 bits per heavy atom. The van der Waals surface area contributed by atoms with Crippen LogP contribution in [0.5, 0.6) is 0 Å². The lowest BCUT2D eigenvalue weighted by Gasteiger charge is -2.45. The molecule has 0 radical (unpaired) electrons. The van der Waals surface area contributed by atoms with Crippen molar-refractivity contribution in [1.82, 2.24) is 15.2 Å². The minimum Gasteiger partial charge on any atom is -0.378 e. The van der Waals surface area contributed by atoms with Crippen LogP contribution >= 0.6 is 35.7 Å². The van der Waals surface area contributed by atoms with Crippen molar-refractivity contribution in [2.45, 2.75) is 50.3 Å². The molecule has 2 saturated heterocycles. The van der Waals surface area contributed by atoms with Crippen molar-refractivity contribution in [3.8, 4) is 0 Å². The number of nitrogens with zero attached hydrogens (tertiary/aromatic N) is 4. The largest absolute Gasteiger partial charge is 0.378 e. The molecule has 0 aromatic carbocycles. The number of nitrogens with one attached hydrogen (secondary N) is 1. The van der Waals surface area contributed by atoms with Gasteiger partial charge in [0.25, 0.3) is 0 Å². The zero-order valence-corrected chi connectivity index (χ0v) is 21.3. The van der Waals surface area contributed by atoms with E-state index in [9.17, 15) is 0 Å². The lowest BCUT2D eigenvalue weighted by atomic mass is 9.87. The number of aliphatic imine (C=N–C) groups is 1. The SMILES string of the molecule is CCNC(=NCc1cccnc1N1CCOCC1)N1CCSC2(CCCCC2)C1.I. The number of guanidine groups is 1. The Kier molecular flexibility index (Phi) is 9.37. The van der Waals surface area contributed by atoms with Crippen LogP contribution in [0.3, 0.4) is 0 Å². The fourth-order valence-corrected chi connectivity index (χ4v) is 6.29. The van der Waals surface area contributed by atoms with Crippen LogP contribution in [0.1, 0.15) is 44.6 Å². The van der Waals surface area contributed by atoms with Gasteiger partial charge in [-0.25, -0.2) is 9.98 Å². The van der Waals surface area contributed by atoms with Gasteiger partial charge in [0.2, 0.25) is 0 Å². The van der Waals surface area contributed by atoms with Gasteiger partial charge in [-0.3, -0.25) is 0 Å². The van der Waals surface area contributed by atoms with E-state index >= 15 is 0 Å². The van der Waals surface area contributed by atoms with E-state index in [0.29, 0.717) is 11.3 Å². The molecule has 1 N–H and O–H groups in total. The van der Waals surface area contributed by atoms with Crippen molar-refractivity contribution >= 4 is 47.5 Å². The number of anilines is 1. The molecule has 6 nitrogen and oxygen atoms in total. The maximum Gasteiger partial charge on any atom is 0.194 e. The second-order valence-electron chi connectivity index (χ2n) is 8.27. The van der Waals surface area contributed by atoms with Gasteiger partial charge in [0.05, 0.1) is 19.8 Å². The lowest BCUT2D eigenvalue weighted by molar-refractivity contribution is 0.122. The summed E-state index contributed by atoms with van der Waals surface area (Å²) in [4.78, 5) is 14.6. The summed E-state index contributed by atoms with van der Waals surface area (Å²) in [5.41, 5.74) is 1.20. The molecule has 0 unspecified atom stereocenters. The van der Waals surface area contributed by atoms with Crippen LogP contribution in [-0.2, 0) is 11.3 Å². The van der Waals surface area contributed by atoms with Crippen LogP contribution < -0.4 is 10.2 Å². The first-order valence-corrected chi connectivity index (χ1v) is 12.2. The Morgan fingerprint density at radius 2 is 2.03 bits per heavy atom. The average molecular weight is 546 g/mol. The Hall–Kier alpha value is -0.740. The molecule has 3 fully saturated rings. The maximum absolute atomic E-state index is 5.51. The molecule has 3 aliphatic rings. The summed E-state index contributed by atoms with van der Waals surface area (Å²) in [5.74, 6) is 3.33. The molecule has 4 rings (SSSR count). The fourth-order valence-electron chi connectivity index (χ4n) is 4.72. The van der Waals surface area contributed by atoms with Crippen LogP contribution in [0.25, 0.3) is 0 Å². The Balaban J connectivity index is 0.00000256. The normalized spacial score (nSPS) is 22.0. The maximum atomic E-state index is 5.51. The van der Waals surface area contributed by atoms with Gasteiger partial charge in [0.1, 0.15) is 5.82 Å². The number of ether oxygens (including phenoxy) is 1. The number of rotatable bonds is 4. The zero-order valence-electron chi connectivity index (χ0n) is 18.1. The van der Waals surface area contributed by atoms with Crippen LogP contribution in [0, 0.1) is 0 Å². The van der Waals surface area contributed by atoms with Gasteiger partial charge in [-0.1, -0.05) is 25.3 Å². The third-order valence-corrected chi connectivity index (χ3v) is 7.76. The van der Waals surface area contributed by atoms with Crippen molar-refractivity contribution in [2.24, 2.45) is 4.99 Å². The zero-order chi connectivity index (χ0) is 19.9. The number of morpholine rings is 1. The summed E-state index contributed by atoms with van der Waals surface area (Å²) in [6.07, 6.45) is 8.77. The highest BCUT2D eigenvalue weighted by Gasteiger charge is 2.38. The van der Waals surface area contributed by atoms with Crippen LogP contribution in [0.4, 0.5) is 5.82 Å². The fraction of sp³-hybridized carbons (Fsp3) is 0.727. The van der Waals surface area contributed by atoms with Gasteiger partial charge >= 0.3 is 0 Å².